The van der Waals surface area contributed by atoms with Gasteiger partial charge in [0.05, 0.1) is 7.11 Å². The Morgan fingerprint density at radius 1 is 1.30 bits per heavy atom. The number of hydrogen-bond donors (Lipinski definition) is 1. The van der Waals surface area contributed by atoms with Gasteiger partial charge in [-0.1, -0.05) is 0 Å². The van der Waals surface area contributed by atoms with Crippen LogP contribution in [0.25, 0.3) is 0 Å². The fraction of sp³-hybridized carbons (Fsp3) is 0.429. The zero-order valence-electron chi connectivity index (χ0n) is 11.8. The van der Waals surface area contributed by atoms with Gasteiger partial charge in [0.15, 0.2) is 0 Å². The number of nitrogens with zero attached hydrogens (tertiary/aromatic N) is 2. The highest BCUT2D eigenvalue weighted by molar-refractivity contribution is 5.90. The van der Waals surface area contributed by atoms with Gasteiger partial charge in [0.1, 0.15) is 5.75 Å². The lowest BCUT2D eigenvalue weighted by Gasteiger charge is -2.32. The van der Waals surface area contributed by atoms with E-state index in [0.717, 1.165) is 23.4 Å². The van der Waals surface area contributed by atoms with E-state index in [4.69, 9.17) is 4.74 Å². The van der Waals surface area contributed by atoms with Crippen LogP contribution in [0.2, 0.25) is 0 Å². The fourth-order valence-corrected chi connectivity index (χ4v) is 2.13. The molecular weight excluding hydrogens is 258 g/mol. The molecule has 1 aromatic rings. The number of ether oxygens (including phenoxy) is 1. The zero-order valence-corrected chi connectivity index (χ0v) is 11.8. The van der Waals surface area contributed by atoms with Gasteiger partial charge in [-0.2, -0.15) is 0 Å². The number of methoxy groups -OCH3 is 1. The molecule has 1 aliphatic heterocycles. The highest BCUT2D eigenvalue weighted by Gasteiger charge is 2.20. The number of nitrogens with one attached hydrogen (secondary N) is 1. The van der Waals surface area contributed by atoms with E-state index < -0.39 is 0 Å². The third-order valence-electron chi connectivity index (χ3n) is 3.43. The molecule has 108 valence electrons. The van der Waals surface area contributed by atoms with Crippen molar-refractivity contribution in [2.75, 3.05) is 38.6 Å². The van der Waals surface area contributed by atoms with Crippen LogP contribution < -0.4 is 10.1 Å². The largest absolute Gasteiger partial charge is 0.497 e. The van der Waals surface area contributed by atoms with Crippen molar-refractivity contribution >= 4 is 18.1 Å². The number of hydrogen-bond acceptors (Lipinski definition) is 3. The summed E-state index contributed by atoms with van der Waals surface area (Å²) in [6.07, 6.45) is 0.822. The minimum atomic E-state index is -0.135. The molecule has 1 fully saturated rings. The molecule has 0 aliphatic carbocycles. The normalized spacial score (nSPS) is 14.9. The number of aryl methyl sites for hydroxylation is 1. The summed E-state index contributed by atoms with van der Waals surface area (Å²) in [6.45, 7) is 4.19. The van der Waals surface area contributed by atoms with Gasteiger partial charge in [0.25, 0.3) is 0 Å². The molecule has 3 amide bonds. The highest BCUT2D eigenvalue weighted by Crippen LogP contribution is 2.21. The van der Waals surface area contributed by atoms with Crippen LogP contribution in [0.15, 0.2) is 18.2 Å². The Bertz CT molecular complexity index is 496. The van der Waals surface area contributed by atoms with E-state index in [0.29, 0.717) is 26.2 Å². The lowest BCUT2D eigenvalue weighted by molar-refractivity contribution is -0.119. The summed E-state index contributed by atoms with van der Waals surface area (Å²) in [5, 5.41) is 2.89. The van der Waals surface area contributed by atoms with Crippen molar-refractivity contribution in [3.63, 3.8) is 0 Å². The van der Waals surface area contributed by atoms with Crippen molar-refractivity contribution in [3.05, 3.63) is 23.8 Å². The smallest absolute Gasteiger partial charge is 0.321 e. The van der Waals surface area contributed by atoms with Crippen LogP contribution in [0.1, 0.15) is 5.56 Å². The Hall–Kier alpha value is -2.24. The van der Waals surface area contributed by atoms with Gasteiger partial charge in [0, 0.05) is 31.9 Å². The number of urea groups is 1. The van der Waals surface area contributed by atoms with Crippen LogP contribution in [0.5, 0.6) is 5.75 Å². The van der Waals surface area contributed by atoms with E-state index in [9.17, 15) is 9.59 Å². The molecule has 0 aromatic heterocycles. The summed E-state index contributed by atoms with van der Waals surface area (Å²) < 4.78 is 5.13. The van der Waals surface area contributed by atoms with Crippen molar-refractivity contribution in [2.24, 2.45) is 0 Å². The summed E-state index contributed by atoms with van der Waals surface area (Å²) >= 11 is 0. The molecule has 20 heavy (non-hydrogen) atoms. The number of amides is 3. The SMILES string of the molecule is COc1ccc(NC(=O)N2CCN(C=O)CC2)c(C)c1. The molecule has 1 aliphatic rings. The fourth-order valence-electron chi connectivity index (χ4n) is 2.13. The Balaban J connectivity index is 1.96. The van der Waals surface area contributed by atoms with E-state index in [-0.39, 0.29) is 6.03 Å². The molecule has 0 spiro atoms. The van der Waals surface area contributed by atoms with Gasteiger partial charge >= 0.3 is 6.03 Å². The maximum atomic E-state index is 12.1. The average molecular weight is 277 g/mol. The van der Waals surface area contributed by atoms with E-state index in [1.54, 1.807) is 16.9 Å². The van der Waals surface area contributed by atoms with Crippen molar-refractivity contribution in [1.29, 1.82) is 0 Å². The first-order valence-electron chi connectivity index (χ1n) is 6.54. The Kier molecular flexibility index (Phi) is 4.45. The molecule has 1 aromatic carbocycles. The monoisotopic (exact) mass is 277 g/mol. The van der Waals surface area contributed by atoms with Gasteiger partial charge in [-0.3, -0.25) is 4.79 Å². The maximum Gasteiger partial charge on any atom is 0.321 e. The van der Waals surface area contributed by atoms with Crippen LogP contribution in [-0.4, -0.2) is 55.5 Å². The third-order valence-corrected chi connectivity index (χ3v) is 3.43. The molecule has 6 nitrogen and oxygen atoms in total. The number of rotatable bonds is 3. The van der Waals surface area contributed by atoms with E-state index in [2.05, 4.69) is 5.32 Å². The number of benzene rings is 1. The van der Waals surface area contributed by atoms with Crippen LogP contribution in [0, 0.1) is 6.92 Å². The lowest BCUT2D eigenvalue weighted by atomic mass is 10.2. The molecular formula is C14H19N3O3. The quantitative estimate of drug-likeness (QED) is 0.847. The first-order chi connectivity index (χ1) is 9.63. The van der Waals surface area contributed by atoms with Crippen LogP contribution in [-0.2, 0) is 4.79 Å². The minimum absolute atomic E-state index is 0.135. The molecule has 1 saturated heterocycles. The number of carbonyl (C=O) groups excluding carboxylic acids is 2. The Morgan fingerprint density at radius 3 is 2.55 bits per heavy atom. The number of piperazine rings is 1. The van der Waals surface area contributed by atoms with Crippen LogP contribution >= 0.6 is 0 Å². The van der Waals surface area contributed by atoms with E-state index in [1.807, 2.05) is 25.1 Å². The average Bonchev–Trinajstić information content (AvgIpc) is 2.49. The van der Waals surface area contributed by atoms with Crippen molar-refractivity contribution in [1.82, 2.24) is 9.80 Å². The van der Waals surface area contributed by atoms with Crippen LogP contribution in [0.4, 0.5) is 10.5 Å². The molecule has 2 rings (SSSR count). The van der Waals surface area contributed by atoms with Crippen molar-refractivity contribution in [3.8, 4) is 5.75 Å². The van der Waals surface area contributed by atoms with Gasteiger partial charge in [-0.15, -0.1) is 0 Å². The molecule has 6 heteroatoms. The summed E-state index contributed by atoms with van der Waals surface area (Å²) in [5.74, 6) is 0.764. The van der Waals surface area contributed by atoms with E-state index >= 15 is 0 Å². The second-order valence-electron chi connectivity index (χ2n) is 4.74. The topological polar surface area (TPSA) is 61.9 Å². The Labute approximate surface area is 118 Å². The second kappa shape index (κ2) is 6.27. The summed E-state index contributed by atoms with van der Waals surface area (Å²) in [6, 6.07) is 5.38. The number of carbonyl (C=O) groups is 2. The molecule has 0 atom stereocenters. The van der Waals surface area contributed by atoms with Crippen molar-refractivity contribution < 1.29 is 14.3 Å². The lowest BCUT2D eigenvalue weighted by Crippen LogP contribution is -2.49. The first-order valence-corrected chi connectivity index (χ1v) is 6.54. The van der Waals surface area contributed by atoms with Crippen molar-refractivity contribution in [2.45, 2.75) is 6.92 Å². The van der Waals surface area contributed by atoms with Gasteiger partial charge in [-0.05, 0) is 30.7 Å². The highest BCUT2D eigenvalue weighted by atomic mass is 16.5. The van der Waals surface area contributed by atoms with Gasteiger partial charge in [0.2, 0.25) is 6.41 Å². The van der Waals surface area contributed by atoms with Gasteiger partial charge < -0.3 is 19.9 Å². The summed E-state index contributed by atoms with van der Waals surface area (Å²) in [7, 11) is 1.61. The molecule has 0 saturated carbocycles. The van der Waals surface area contributed by atoms with Crippen LogP contribution in [0.3, 0.4) is 0 Å². The maximum absolute atomic E-state index is 12.1. The van der Waals surface area contributed by atoms with E-state index in [1.165, 1.54) is 0 Å². The molecule has 1 N–H and O–H groups in total. The number of anilines is 1. The Morgan fingerprint density at radius 2 is 2.00 bits per heavy atom. The molecule has 1 heterocycles. The summed E-state index contributed by atoms with van der Waals surface area (Å²) in [5.41, 5.74) is 1.72. The minimum Gasteiger partial charge on any atom is -0.497 e. The standard InChI is InChI=1S/C14H19N3O3/c1-11-9-12(20-2)3-4-13(11)15-14(19)17-7-5-16(10-18)6-8-17/h3-4,9-10H,5-8H2,1-2H3,(H,15,19). The summed E-state index contributed by atoms with van der Waals surface area (Å²) in [4.78, 5) is 26.2. The first kappa shape index (κ1) is 14.2. The third kappa shape index (κ3) is 3.20. The molecule has 0 bridgehead atoms. The predicted molar refractivity (Wildman–Crippen MR) is 76.0 cm³/mol. The van der Waals surface area contributed by atoms with Gasteiger partial charge in [-0.25, -0.2) is 4.79 Å². The molecule has 0 unspecified atom stereocenters. The second-order valence-corrected chi connectivity index (χ2v) is 4.74. The zero-order chi connectivity index (χ0) is 14.5. The predicted octanol–water partition coefficient (Wildman–Crippen LogP) is 1.31. The molecule has 0 radical (unpaired) electrons.